The Morgan fingerprint density at radius 2 is 1.93 bits per heavy atom. The van der Waals surface area contributed by atoms with Crippen molar-refractivity contribution in [2.24, 2.45) is 0 Å². The Bertz CT molecular complexity index is 896. The summed E-state index contributed by atoms with van der Waals surface area (Å²) in [6, 6.07) is 10.9. The standard InChI is InChI=1S/C22H24Cl2N2O2/c23-17-7-6-15(12-18(17)24)13-20(28)22(14-26-10-1-2-11-26)21-16(8-9-25-22)4-3-5-19(21)27/h3-7,12,25,27H,1-2,8-11,13-14H2. The molecule has 6 heteroatoms. The highest BCUT2D eigenvalue weighted by atomic mass is 35.5. The summed E-state index contributed by atoms with van der Waals surface area (Å²) in [6.45, 7) is 3.23. The molecule has 2 aromatic rings. The summed E-state index contributed by atoms with van der Waals surface area (Å²) in [4.78, 5) is 16.0. The van der Waals surface area contributed by atoms with Crippen LogP contribution in [0.4, 0.5) is 0 Å². The summed E-state index contributed by atoms with van der Waals surface area (Å²) in [6.07, 6.45) is 3.31. The van der Waals surface area contributed by atoms with E-state index >= 15 is 0 Å². The zero-order chi connectivity index (χ0) is 19.7. The van der Waals surface area contributed by atoms with Crippen LogP contribution in [0, 0.1) is 0 Å². The minimum Gasteiger partial charge on any atom is -0.508 e. The fraction of sp³-hybridized carbons (Fsp3) is 0.409. The number of carbonyl (C=O) groups is 1. The smallest absolute Gasteiger partial charge is 0.163 e. The van der Waals surface area contributed by atoms with Gasteiger partial charge in [0.2, 0.25) is 0 Å². The maximum absolute atomic E-state index is 13.7. The number of phenols is 1. The predicted molar refractivity (Wildman–Crippen MR) is 112 cm³/mol. The van der Waals surface area contributed by atoms with Crippen molar-refractivity contribution in [1.29, 1.82) is 0 Å². The van der Waals surface area contributed by atoms with E-state index in [4.69, 9.17) is 23.2 Å². The lowest BCUT2D eigenvalue weighted by Gasteiger charge is -2.41. The molecule has 28 heavy (non-hydrogen) atoms. The van der Waals surface area contributed by atoms with Crippen LogP contribution in [0.3, 0.4) is 0 Å². The molecule has 0 bridgehead atoms. The number of likely N-dealkylation sites (tertiary alicyclic amines) is 1. The van der Waals surface area contributed by atoms with Crippen LogP contribution in [0.15, 0.2) is 36.4 Å². The Balaban J connectivity index is 1.74. The molecule has 2 N–H and O–H groups in total. The quantitative estimate of drug-likeness (QED) is 0.771. The number of hydrogen-bond acceptors (Lipinski definition) is 4. The number of benzene rings is 2. The molecule has 1 saturated heterocycles. The minimum atomic E-state index is -0.921. The molecule has 0 amide bonds. The molecular formula is C22H24Cl2N2O2. The molecule has 4 nitrogen and oxygen atoms in total. The molecule has 2 aromatic carbocycles. The minimum absolute atomic E-state index is 0.0419. The summed E-state index contributed by atoms with van der Waals surface area (Å²) in [5, 5.41) is 15.1. The molecule has 2 aliphatic heterocycles. The number of Topliss-reactive ketones (excluding diaryl/α,β-unsaturated/α-hetero) is 1. The molecule has 0 saturated carbocycles. The van der Waals surface area contributed by atoms with Gasteiger partial charge < -0.3 is 10.0 Å². The van der Waals surface area contributed by atoms with Gasteiger partial charge in [0.15, 0.2) is 5.78 Å². The Hall–Kier alpha value is -1.59. The molecule has 0 aliphatic carbocycles. The third-order valence-electron chi connectivity index (χ3n) is 5.86. The first kappa shape index (κ1) is 19.7. The number of hydrogen-bond donors (Lipinski definition) is 2. The van der Waals surface area contributed by atoms with Crippen molar-refractivity contribution in [3.8, 4) is 5.75 Å². The second kappa shape index (κ2) is 8.03. The van der Waals surface area contributed by atoms with Crippen LogP contribution in [0.25, 0.3) is 0 Å². The maximum Gasteiger partial charge on any atom is 0.163 e. The predicted octanol–water partition coefficient (Wildman–Crippen LogP) is 3.95. The van der Waals surface area contributed by atoms with Gasteiger partial charge in [-0.05, 0) is 61.7 Å². The van der Waals surface area contributed by atoms with Gasteiger partial charge in [0.1, 0.15) is 11.3 Å². The average molecular weight is 419 g/mol. The molecule has 2 heterocycles. The van der Waals surface area contributed by atoms with Gasteiger partial charge in [-0.3, -0.25) is 10.1 Å². The molecular weight excluding hydrogens is 395 g/mol. The van der Waals surface area contributed by atoms with Crippen molar-refractivity contribution in [2.45, 2.75) is 31.2 Å². The Kier molecular flexibility index (Phi) is 5.66. The van der Waals surface area contributed by atoms with E-state index in [2.05, 4.69) is 10.2 Å². The molecule has 148 valence electrons. The molecule has 4 rings (SSSR count). The number of fused-ring (bicyclic) bond motifs is 1. The van der Waals surface area contributed by atoms with Gasteiger partial charge in [-0.1, -0.05) is 41.4 Å². The average Bonchev–Trinajstić information content (AvgIpc) is 3.18. The van der Waals surface area contributed by atoms with Gasteiger partial charge in [-0.2, -0.15) is 0 Å². The molecule has 0 spiro atoms. The summed E-state index contributed by atoms with van der Waals surface area (Å²) in [7, 11) is 0. The van der Waals surface area contributed by atoms with Gasteiger partial charge >= 0.3 is 0 Å². The van der Waals surface area contributed by atoms with Crippen molar-refractivity contribution >= 4 is 29.0 Å². The zero-order valence-electron chi connectivity index (χ0n) is 15.7. The van der Waals surface area contributed by atoms with Crippen LogP contribution in [-0.2, 0) is 23.2 Å². The van der Waals surface area contributed by atoms with E-state index in [1.54, 1.807) is 18.2 Å². The lowest BCUT2D eigenvalue weighted by Crippen LogP contribution is -2.59. The van der Waals surface area contributed by atoms with Crippen LogP contribution < -0.4 is 5.32 Å². The Morgan fingerprint density at radius 3 is 2.68 bits per heavy atom. The van der Waals surface area contributed by atoms with Crippen LogP contribution >= 0.6 is 23.2 Å². The van der Waals surface area contributed by atoms with Gasteiger partial charge in [-0.25, -0.2) is 0 Å². The van der Waals surface area contributed by atoms with E-state index in [0.29, 0.717) is 23.1 Å². The largest absolute Gasteiger partial charge is 0.508 e. The zero-order valence-corrected chi connectivity index (χ0v) is 17.2. The number of phenolic OH excluding ortho intramolecular Hbond substituents is 1. The van der Waals surface area contributed by atoms with E-state index < -0.39 is 5.54 Å². The lowest BCUT2D eigenvalue weighted by atomic mass is 9.76. The summed E-state index contributed by atoms with van der Waals surface area (Å²) in [5.41, 5.74) is 1.68. The van der Waals surface area contributed by atoms with E-state index in [1.165, 1.54) is 0 Å². The van der Waals surface area contributed by atoms with E-state index in [9.17, 15) is 9.90 Å². The molecule has 1 fully saturated rings. The first-order valence-corrected chi connectivity index (χ1v) is 10.5. The second-order valence-electron chi connectivity index (χ2n) is 7.73. The summed E-state index contributed by atoms with van der Waals surface area (Å²) >= 11 is 12.2. The van der Waals surface area contributed by atoms with Gasteiger partial charge in [0.25, 0.3) is 0 Å². The number of nitrogens with one attached hydrogen (secondary N) is 1. The molecule has 0 radical (unpaired) electrons. The van der Waals surface area contributed by atoms with Gasteiger partial charge in [0, 0.05) is 25.1 Å². The van der Waals surface area contributed by atoms with Crippen molar-refractivity contribution in [3.05, 3.63) is 63.1 Å². The van der Waals surface area contributed by atoms with Crippen molar-refractivity contribution in [1.82, 2.24) is 10.2 Å². The van der Waals surface area contributed by atoms with Gasteiger partial charge in [-0.15, -0.1) is 0 Å². The molecule has 2 aliphatic rings. The molecule has 1 atom stereocenters. The van der Waals surface area contributed by atoms with Crippen LogP contribution in [0.1, 0.15) is 29.5 Å². The van der Waals surface area contributed by atoms with Gasteiger partial charge in [0.05, 0.1) is 10.0 Å². The molecule has 1 unspecified atom stereocenters. The molecule has 0 aromatic heterocycles. The fourth-order valence-electron chi connectivity index (χ4n) is 4.51. The van der Waals surface area contributed by atoms with Crippen LogP contribution in [0.5, 0.6) is 5.75 Å². The summed E-state index contributed by atoms with van der Waals surface area (Å²) in [5.74, 6) is 0.228. The highest BCUT2D eigenvalue weighted by Gasteiger charge is 2.46. The second-order valence-corrected chi connectivity index (χ2v) is 8.54. The number of halogens is 2. The highest BCUT2D eigenvalue weighted by Crippen LogP contribution is 2.38. The SMILES string of the molecule is O=C(Cc1ccc(Cl)c(Cl)c1)C1(CN2CCCC2)NCCc2cccc(O)c21. The van der Waals surface area contributed by atoms with Crippen molar-refractivity contribution < 1.29 is 9.90 Å². The normalized spacial score (nSPS) is 22.2. The first-order valence-electron chi connectivity index (χ1n) is 9.75. The fourth-order valence-corrected chi connectivity index (χ4v) is 4.83. The number of ketones is 1. The monoisotopic (exact) mass is 418 g/mol. The van der Waals surface area contributed by atoms with Crippen molar-refractivity contribution in [2.75, 3.05) is 26.2 Å². The van der Waals surface area contributed by atoms with Crippen LogP contribution in [0.2, 0.25) is 10.0 Å². The number of carbonyl (C=O) groups excluding carboxylic acids is 1. The third kappa shape index (κ3) is 3.67. The van der Waals surface area contributed by atoms with Crippen LogP contribution in [-0.4, -0.2) is 42.0 Å². The maximum atomic E-state index is 13.7. The van der Waals surface area contributed by atoms with Crippen molar-refractivity contribution in [3.63, 3.8) is 0 Å². The number of nitrogens with zero attached hydrogens (tertiary/aromatic N) is 1. The lowest BCUT2D eigenvalue weighted by molar-refractivity contribution is -0.126. The highest BCUT2D eigenvalue weighted by molar-refractivity contribution is 6.42. The van der Waals surface area contributed by atoms with E-state index in [1.807, 2.05) is 18.2 Å². The van der Waals surface area contributed by atoms with E-state index in [0.717, 1.165) is 49.0 Å². The third-order valence-corrected chi connectivity index (χ3v) is 6.60. The topological polar surface area (TPSA) is 52.6 Å². The number of rotatable bonds is 5. The first-order chi connectivity index (χ1) is 13.5. The van der Waals surface area contributed by atoms with E-state index in [-0.39, 0.29) is 18.0 Å². The Labute approximate surface area is 175 Å². The summed E-state index contributed by atoms with van der Waals surface area (Å²) < 4.78 is 0. The number of aromatic hydroxyl groups is 1. The Morgan fingerprint density at radius 1 is 1.14 bits per heavy atom.